The number of β-lactam (4-membered cyclic amide) rings is 1. The molecule has 0 aliphatic carbocycles. The number of hydrogen-bond donors (Lipinski definition) is 2. The molecule has 31 heavy (non-hydrogen) atoms. The van der Waals surface area contributed by atoms with Crippen molar-refractivity contribution in [2.75, 3.05) is 23.0 Å². The van der Waals surface area contributed by atoms with Crippen molar-refractivity contribution in [2.45, 2.75) is 31.1 Å². The quantitative estimate of drug-likeness (QED) is 0.121. The van der Waals surface area contributed by atoms with Crippen molar-refractivity contribution in [3.63, 3.8) is 0 Å². The van der Waals surface area contributed by atoms with Crippen LogP contribution in [0.25, 0.3) is 0 Å². The fourth-order valence-electron chi connectivity index (χ4n) is 3.00. The Kier molecular flexibility index (Phi) is 7.32. The number of thiazole rings is 1. The second-order valence-electron chi connectivity index (χ2n) is 7.64. The van der Waals surface area contributed by atoms with E-state index in [4.69, 9.17) is 15.0 Å². The monoisotopic (exact) mass is 595 g/mol. The van der Waals surface area contributed by atoms with Crippen molar-refractivity contribution in [2.24, 2.45) is 5.16 Å². The van der Waals surface area contributed by atoms with Crippen molar-refractivity contribution in [3.05, 3.63) is 22.3 Å². The molecule has 2 atom stereocenters. The highest BCUT2D eigenvalue weighted by molar-refractivity contribution is 14.1. The van der Waals surface area contributed by atoms with E-state index in [1.807, 2.05) is 19.6 Å². The summed E-state index contributed by atoms with van der Waals surface area (Å²) in [4.78, 5) is 48.9. The number of rotatable bonds is 7. The molecule has 0 radical (unpaired) electrons. The highest BCUT2D eigenvalue weighted by Crippen LogP contribution is 2.41. The van der Waals surface area contributed by atoms with Gasteiger partial charge in [0.1, 0.15) is 29.9 Å². The summed E-state index contributed by atoms with van der Waals surface area (Å²) in [5.74, 6) is -0.888. The van der Waals surface area contributed by atoms with Gasteiger partial charge in [-0.15, -0.1) is 23.1 Å². The van der Waals surface area contributed by atoms with Crippen molar-refractivity contribution in [3.8, 4) is 0 Å². The first-order valence-electron chi connectivity index (χ1n) is 9.16. The van der Waals surface area contributed by atoms with Crippen LogP contribution in [0.4, 0.5) is 5.13 Å². The molecular formula is C17H22IN5O5S2Si. The van der Waals surface area contributed by atoms with E-state index in [1.165, 1.54) is 23.8 Å². The Labute approximate surface area is 202 Å². The Morgan fingerprint density at radius 1 is 1.45 bits per heavy atom. The molecule has 1 fully saturated rings. The Balaban J connectivity index is 1.79. The number of nitrogens with two attached hydrogens (primary N) is 1. The smallest absolute Gasteiger partial charge is 0.341 e. The first-order valence-corrected chi connectivity index (χ1v) is 16.0. The van der Waals surface area contributed by atoms with Crippen LogP contribution in [0.3, 0.4) is 0 Å². The Morgan fingerprint density at radius 3 is 2.71 bits per heavy atom. The molecule has 168 valence electrons. The van der Waals surface area contributed by atoms with E-state index < -0.39 is 31.6 Å². The number of nitrogens with one attached hydrogen (secondary N) is 1. The lowest BCUT2D eigenvalue weighted by Crippen LogP contribution is -2.71. The molecule has 1 saturated heterocycles. The van der Waals surface area contributed by atoms with E-state index in [1.54, 1.807) is 5.38 Å². The van der Waals surface area contributed by atoms with E-state index >= 15 is 0 Å². The van der Waals surface area contributed by atoms with Gasteiger partial charge in [-0.05, 0) is 25.2 Å². The summed E-state index contributed by atoms with van der Waals surface area (Å²) in [6.07, 6.45) is 0. The lowest BCUT2D eigenvalue weighted by Gasteiger charge is -2.49. The molecule has 2 aliphatic rings. The van der Waals surface area contributed by atoms with E-state index in [0.717, 1.165) is 16.9 Å². The third-order valence-corrected chi connectivity index (χ3v) is 7.98. The van der Waals surface area contributed by atoms with Gasteiger partial charge in [0.25, 0.3) is 11.8 Å². The zero-order valence-corrected chi connectivity index (χ0v) is 22.1. The lowest BCUT2D eigenvalue weighted by molar-refractivity contribution is -0.149. The number of thioether (sulfide) groups is 1. The van der Waals surface area contributed by atoms with Gasteiger partial charge in [0.15, 0.2) is 10.8 Å². The van der Waals surface area contributed by atoms with Gasteiger partial charge in [-0.2, -0.15) is 0 Å². The van der Waals surface area contributed by atoms with Crippen LogP contribution in [0.2, 0.25) is 19.6 Å². The van der Waals surface area contributed by atoms with Gasteiger partial charge in [0, 0.05) is 15.6 Å². The predicted octanol–water partition coefficient (Wildman–Crippen LogP) is 1.54. The zero-order valence-electron chi connectivity index (χ0n) is 17.3. The van der Waals surface area contributed by atoms with Crippen LogP contribution in [0.15, 0.2) is 21.8 Å². The first-order chi connectivity index (χ1) is 14.6. The van der Waals surface area contributed by atoms with Gasteiger partial charge in [0.05, 0.1) is 0 Å². The van der Waals surface area contributed by atoms with Gasteiger partial charge in [-0.3, -0.25) is 14.5 Å². The van der Waals surface area contributed by atoms with Crippen LogP contribution in [-0.2, 0) is 23.6 Å². The topological polar surface area (TPSA) is 136 Å². The number of oxime groups is 1. The normalized spacial score (nSPS) is 21.4. The second kappa shape index (κ2) is 9.46. The van der Waals surface area contributed by atoms with Gasteiger partial charge >= 0.3 is 5.97 Å². The maximum Gasteiger partial charge on any atom is 0.341 e. The predicted molar refractivity (Wildman–Crippen MR) is 130 cm³/mol. The number of hydrogen-bond acceptors (Lipinski definition) is 10. The molecule has 2 aliphatic heterocycles. The van der Waals surface area contributed by atoms with Crippen LogP contribution < -0.4 is 11.1 Å². The molecule has 0 aromatic carbocycles. The van der Waals surface area contributed by atoms with E-state index in [2.05, 4.69) is 38.0 Å². The number of amides is 2. The van der Waals surface area contributed by atoms with Crippen LogP contribution in [0.5, 0.6) is 0 Å². The fourth-order valence-corrected chi connectivity index (χ4v) is 6.55. The van der Waals surface area contributed by atoms with Crippen LogP contribution in [-0.4, -0.2) is 70.4 Å². The van der Waals surface area contributed by atoms with E-state index in [-0.39, 0.29) is 22.4 Å². The van der Waals surface area contributed by atoms with Crippen molar-refractivity contribution >= 4 is 82.6 Å². The van der Waals surface area contributed by atoms with Crippen molar-refractivity contribution in [1.82, 2.24) is 15.2 Å². The summed E-state index contributed by atoms with van der Waals surface area (Å²) < 4.78 is 6.25. The molecule has 1 aromatic rings. The summed E-state index contributed by atoms with van der Waals surface area (Å²) in [5.41, 5.74) is 6.97. The van der Waals surface area contributed by atoms with Crippen LogP contribution in [0, 0.1) is 0 Å². The third kappa shape index (κ3) is 5.06. The summed E-state index contributed by atoms with van der Waals surface area (Å²) in [6.45, 7) is 5.73. The number of aromatic nitrogens is 1. The molecule has 10 nitrogen and oxygen atoms in total. The van der Waals surface area contributed by atoms with Gasteiger partial charge < -0.3 is 20.3 Å². The Hall–Kier alpha value is -1.65. The summed E-state index contributed by atoms with van der Waals surface area (Å²) >= 11 is 4.82. The van der Waals surface area contributed by atoms with E-state index in [9.17, 15) is 14.4 Å². The first kappa shape index (κ1) is 24.0. The van der Waals surface area contributed by atoms with Crippen LogP contribution in [0.1, 0.15) is 5.69 Å². The molecule has 14 heteroatoms. The van der Waals surface area contributed by atoms with Gasteiger partial charge in [0.2, 0.25) is 8.32 Å². The highest BCUT2D eigenvalue weighted by atomic mass is 127. The zero-order chi connectivity index (χ0) is 22.9. The van der Waals surface area contributed by atoms with Crippen LogP contribution >= 0.6 is 45.7 Å². The molecule has 0 bridgehead atoms. The molecule has 3 rings (SSSR count). The van der Waals surface area contributed by atoms with E-state index in [0.29, 0.717) is 15.9 Å². The minimum Gasteiger partial charge on any atom is -0.515 e. The molecule has 3 N–H and O–H groups in total. The lowest BCUT2D eigenvalue weighted by atomic mass is 10.0. The SMILES string of the molecule is CO/N=C(\C(=O)NC1C(=O)N2C(C(=O)O[Si](C)(C)C)=C(CI)CS[C@H]12)c1csc(N)n1. The summed E-state index contributed by atoms with van der Waals surface area (Å²) in [5, 5.41) is 7.89. The van der Waals surface area contributed by atoms with Crippen molar-refractivity contribution < 1.29 is 23.6 Å². The number of anilines is 1. The minimum atomic E-state index is -2.15. The highest BCUT2D eigenvalue weighted by Gasteiger charge is 2.54. The molecule has 0 saturated carbocycles. The maximum absolute atomic E-state index is 13.0. The number of fused-ring (bicyclic) bond motifs is 1. The summed E-state index contributed by atoms with van der Waals surface area (Å²) in [6, 6.07) is -0.805. The number of alkyl halides is 1. The van der Waals surface area contributed by atoms with Gasteiger partial charge in [-0.1, -0.05) is 27.7 Å². The van der Waals surface area contributed by atoms with Crippen molar-refractivity contribution in [1.29, 1.82) is 0 Å². The largest absolute Gasteiger partial charge is 0.515 e. The number of carbonyl (C=O) groups is 3. The third-order valence-electron chi connectivity index (χ3n) is 4.25. The maximum atomic E-state index is 13.0. The molecule has 0 spiro atoms. The summed E-state index contributed by atoms with van der Waals surface area (Å²) in [7, 11) is -0.837. The second-order valence-corrected chi connectivity index (χ2v) is 14.8. The fraction of sp³-hybridized carbons (Fsp3) is 0.471. The molecule has 1 aromatic heterocycles. The standard InChI is InChI=1S/C17H22IN5O5S2Si/c1-27-22-10(9-7-30-17(19)20-9)13(24)21-11-14(25)23-12(16(26)28-31(2,3)4)8(5-18)6-29-15(11)23/h7,11,15H,5-6H2,1-4H3,(H2,19,20)(H,21,24)/b22-10-/t11?,15-/m1/s1. The molecule has 3 heterocycles. The number of halogens is 1. The number of carbonyl (C=O) groups excluding carboxylic acids is 3. The number of nitrogen functional groups attached to an aromatic ring is 1. The Morgan fingerprint density at radius 2 is 2.16 bits per heavy atom. The minimum absolute atomic E-state index is 0.0793. The number of nitrogens with zero attached hydrogens (tertiary/aromatic N) is 3. The molecular weight excluding hydrogens is 573 g/mol. The average molecular weight is 596 g/mol. The van der Waals surface area contributed by atoms with Gasteiger partial charge in [-0.25, -0.2) is 9.78 Å². The average Bonchev–Trinajstić information content (AvgIpc) is 3.13. The molecule has 1 unspecified atom stereocenters. The molecule has 2 amide bonds. The Bertz CT molecular complexity index is 976.